The van der Waals surface area contributed by atoms with Gasteiger partial charge in [0.25, 0.3) is 0 Å². The fourth-order valence-electron chi connectivity index (χ4n) is 1.90. The standard InChI is InChI=1S/C13H14Cl2N2S/c1-7-13(18-9(3)16-7)8(2)17-12-5-10(14)4-11(15)6-12/h4-6,8,17H,1-3H3. The van der Waals surface area contributed by atoms with Crippen molar-refractivity contribution < 1.29 is 0 Å². The molecule has 0 aliphatic carbocycles. The Hall–Kier alpha value is -0.770. The maximum absolute atomic E-state index is 5.98. The minimum absolute atomic E-state index is 0.186. The number of aromatic nitrogens is 1. The van der Waals surface area contributed by atoms with E-state index in [1.165, 1.54) is 4.88 Å². The highest BCUT2D eigenvalue weighted by molar-refractivity contribution is 7.11. The average Bonchev–Trinajstić information content (AvgIpc) is 2.56. The number of rotatable bonds is 3. The molecule has 2 aromatic rings. The summed E-state index contributed by atoms with van der Waals surface area (Å²) in [4.78, 5) is 5.67. The van der Waals surface area contributed by atoms with Gasteiger partial charge < -0.3 is 5.32 Å². The number of halogens is 2. The Morgan fingerprint density at radius 1 is 1.17 bits per heavy atom. The molecular weight excluding hydrogens is 287 g/mol. The second kappa shape index (κ2) is 5.47. The van der Waals surface area contributed by atoms with Crippen molar-refractivity contribution in [3.63, 3.8) is 0 Å². The summed E-state index contributed by atoms with van der Waals surface area (Å²) in [5, 5.41) is 5.75. The summed E-state index contributed by atoms with van der Waals surface area (Å²) in [6, 6.07) is 5.65. The topological polar surface area (TPSA) is 24.9 Å². The van der Waals surface area contributed by atoms with E-state index in [0.717, 1.165) is 16.4 Å². The molecule has 5 heteroatoms. The Balaban J connectivity index is 2.20. The van der Waals surface area contributed by atoms with Crippen molar-refractivity contribution in [1.29, 1.82) is 0 Å². The molecular formula is C13H14Cl2N2S. The fraction of sp³-hybridized carbons (Fsp3) is 0.308. The summed E-state index contributed by atoms with van der Waals surface area (Å²) < 4.78 is 0. The van der Waals surface area contributed by atoms with Crippen LogP contribution in [0.5, 0.6) is 0 Å². The van der Waals surface area contributed by atoms with Crippen LogP contribution in [0, 0.1) is 13.8 Å². The maximum Gasteiger partial charge on any atom is 0.0900 e. The number of hydrogen-bond acceptors (Lipinski definition) is 3. The molecule has 1 aromatic heterocycles. The van der Waals surface area contributed by atoms with Gasteiger partial charge in [0.2, 0.25) is 0 Å². The van der Waals surface area contributed by atoms with Gasteiger partial charge in [-0.25, -0.2) is 4.98 Å². The largest absolute Gasteiger partial charge is 0.378 e. The summed E-state index contributed by atoms with van der Waals surface area (Å²) in [5.74, 6) is 0. The van der Waals surface area contributed by atoms with Crippen molar-refractivity contribution in [2.45, 2.75) is 26.8 Å². The van der Waals surface area contributed by atoms with Gasteiger partial charge in [0.15, 0.2) is 0 Å². The molecule has 18 heavy (non-hydrogen) atoms. The van der Waals surface area contributed by atoms with Crippen LogP contribution in [-0.2, 0) is 0 Å². The minimum Gasteiger partial charge on any atom is -0.378 e. The smallest absolute Gasteiger partial charge is 0.0900 e. The Kier molecular flexibility index (Phi) is 4.15. The SMILES string of the molecule is Cc1nc(C)c(C(C)Nc2cc(Cl)cc(Cl)c2)s1. The molecule has 1 N–H and O–H groups in total. The van der Waals surface area contributed by atoms with Crippen molar-refractivity contribution in [3.8, 4) is 0 Å². The van der Waals surface area contributed by atoms with Crippen LogP contribution in [0.2, 0.25) is 10.0 Å². The quantitative estimate of drug-likeness (QED) is 0.838. The van der Waals surface area contributed by atoms with Crippen LogP contribution in [0.1, 0.15) is 28.5 Å². The number of nitrogens with one attached hydrogen (secondary N) is 1. The van der Waals surface area contributed by atoms with Crippen molar-refractivity contribution in [2.24, 2.45) is 0 Å². The fourth-order valence-corrected chi connectivity index (χ4v) is 3.36. The van der Waals surface area contributed by atoms with E-state index >= 15 is 0 Å². The van der Waals surface area contributed by atoms with Crippen LogP contribution in [-0.4, -0.2) is 4.98 Å². The highest BCUT2D eigenvalue weighted by Gasteiger charge is 2.13. The lowest BCUT2D eigenvalue weighted by Gasteiger charge is -2.15. The highest BCUT2D eigenvalue weighted by atomic mass is 35.5. The van der Waals surface area contributed by atoms with Crippen LogP contribution in [0.15, 0.2) is 18.2 Å². The summed E-state index contributed by atoms with van der Waals surface area (Å²) in [6.45, 7) is 6.15. The van der Waals surface area contributed by atoms with Crippen molar-refractivity contribution in [2.75, 3.05) is 5.32 Å². The zero-order valence-corrected chi connectivity index (χ0v) is 12.7. The molecule has 0 aliphatic heterocycles. The summed E-state index contributed by atoms with van der Waals surface area (Å²) in [5.41, 5.74) is 2.00. The number of hydrogen-bond donors (Lipinski definition) is 1. The molecule has 0 bridgehead atoms. The summed E-state index contributed by atoms with van der Waals surface area (Å²) in [6.07, 6.45) is 0. The molecule has 1 atom stereocenters. The average molecular weight is 301 g/mol. The molecule has 0 saturated heterocycles. The third kappa shape index (κ3) is 3.16. The predicted octanol–water partition coefficient (Wildman–Crippen LogP) is 5.24. The van der Waals surface area contributed by atoms with Gasteiger partial charge in [-0.1, -0.05) is 23.2 Å². The van der Waals surface area contributed by atoms with E-state index in [0.29, 0.717) is 10.0 Å². The van der Waals surface area contributed by atoms with E-state index in [1.807, 2.05) is 26.0 Å². The molecule has 0 aliphatic rings. The van der Waals surface area contributed by atoms with E-state index < -0.39 is 0 Å². The van der Waals surface area contributed by atoms with Crippen LogP contribution >= 0.6 is 34.5 Å². The minimum atomic E-state index is 0.186. The first-order valence-corrected chi connectivity index (χ1v) is 7.19. The Bertz CT molecular complexity index is 546. The molecule has 1 heterocycles. The molecule has 0 saturated carbocycles. The van der Waals surface area contributed by atoms with Crippen LogP contribution in [0.3, 0.4) is 0 Å². The summed E-state index contributed by atoms with van der Waals surface area (Å²) >= 11 is 13.7. The van der Waals surface area contributed by atoms with Crippen LogP contribution in [0.25, 0.3) is 0 Å². The molecule has 0 radical (unpaired) electrons. The number of aryl methyl sites for hydroxylation is 2. The maximum atomic E-state index is 5.98. The van der Waals surface area contributed by atoms with E-state index in [2.05, 4.69) is 17.2 Å². The third-order valence-corrected chi connectivity index (χ3v) is 4.27. The normalized spacial score (nSPS) is 12.5. The van der Waals surface area contributed by atoms with Gasteiger partial charge in [0, 0.05) is 20.6 Å². The molecule has 96 valence electrons. The monoisotopic (exact) mass is 300 g/mol. The van der Waals surface area contributed by atoms with E-state index in [1.54, 1.807) is 17.4 Å². The number of thiazole rings is 1. The number of benzene rings is 1. The van der Waals surface area contributed by atoms with Crippen molar-refractivity contribution >= 4 is 40.2 Å². The van der Waals surface area contributed by atoms with Gasteiger partial charge in [-0.2, -0.15) is 0 Å². The zero-order chi connectivity index (χ0) is 13.3. The lowest BCUT2D eigenvalue weighted by atomic mass is 10.2. The second-order valence-corrected chi connectivity index (χ2v) is 6.31. The van der Waals surface area contributed by atoms with Crippen LogP contribution in [0.4, 0.5) is 5.69 Å². The van der Waals surface area contributed by atoms with Gasteiger partial charge >= 0.3 is 0 Å². The summed E-state index contributed by atoms with van der Waals surface area (Å²) in [7, 11) is 0. The van der Waals surface area contributed by atoms with E-state index in [-0.39, 0.29) is 6.04 Å². The Labute approximate surface area is 121 Å². The first-order chi connectivity index (χ1) is 8.45. The van der Waals surface area contributed by atoms with Gasteiger partial charge in [0.1, 0.15) is 0 Å². The molecule has 0 amide bonds. The number of anilines is 1. The van der Waals surface area contributed by atoms with Crippen LogP contribution < -0.4 is 5.32 Å². The van der Waals surface area contributed by atoms with E-state index in [9.17, 15) is 0 Å². The lowest BCUT2D eigenvalue weighted by molar-refractivity contribution is 0.890. The van der Waals surface area contributed by atoms with Crippen molar-refractivity contribution in [3.05, 3.63) is 43.8 Å². The predicted molar refractivity (Wildman–Crippen MR) is 80.1 cm³/mol. The van der Waals surface area contributed by atoms with Gasteiger partial charge in [-0.05, 0) is 39.0 Å². The molecule has 0 fully saturated rings. The molecule has 2 nitrogen and oxygen atoms in total. The van der Waals surface area contributed by atoms with Gasteiger partial charge in [-0.15, -0.1) is 11.3 Å². The Morgan fingerprint density at radius 3 is 2.28 bits per heavy atom. The Morgan fingerprint density at radius 2 is 1.78 bits per heavy atom. The first kappa shape index (κ1) is 13.7. The lowest BCUT2D eigenvalue weighted by Crippen LogP contribution is -2.06. The molecule has 1 aromatic carbocycles. The van der Waals surface area contributed by atoms with Gasteiger partial charge in [-0.3, -0.25) is 0 Å². The number of nitrogens with zero attached hydrogens (tertiary/aromatic N) is 1. The second-order valence-electron chi connectivity index (χ2n) is 4.21. The highest BCUT2D eigenvalue weighted by Crippen LogP contribution is 2.29. The third-order valence-electron chi connectivity index (χ3n) is 2.58. The first-order valence-electron chi connectivity index (χ1n) is 5.62. The molecule has 1 unspecified atom stereocenters. The zero-order valence-electron chi connectivity index (χ0n) is 10.4. The molecule has 2 rings (SSSR count). The van der Waals surface area contributed by atoms with Crippen molar-refractivity contribution in [1.82, 2.24) is 4.98 Å². The van der Waals surface area contributed by atoms with E-state index in [4.69, 9.17) is 23.2 Å². The molecule has 0 spiro atoms. The van der Waals surface area contributed by atoms with Gasteiger partial charge in [0.05, 0.1) is 16.7 Å².